The van der Waals surface area contributed by atoms with Crippen molar-refractivity contribution >= 4 is 11.9 Å². The quantitative estimate of drug-likeness (QED) is 0.547. The number of hydrogen-bond acceptors (Lipinski definition) is 6. The number of ether oxygens (including phenoxy) is 1. The Labute approximate surface area is 120 Å². The Morgan fingerprint density at radius 1 is 1.43 bits per heavy atom. The Kier molecular flexibility index (Phi) is 4.29. The number of aliphatic hydroxyl groups is 1. The van der Waals surface area contributed by atoms with Gasteiger partial charge in [0, 0.05) is 0 Å². The van der Waals surface area contributed by atoms with Crippen LogP contribution in [0.3, 0.4) is 0 Å². The van der Waals surface area contributed by atoms with E-state index in [2.05, 4.69) is 0 Å². The van der Waals surface area contributed by atoms with Crippen molar-refractivity contribution in [3.63, 3.8) is 0 Å². The number of carboxylic acid groups (broad SMARTS) is 1. The van der Waals surface area contributed by atoms with Gasteiger partial charge < -0.3 is 30.7 Å². The lowest BCUT2D eigenvalue weighted by atomic mass is 10.1. The predicted molar refractivity (Wildman–Crippen MR) is 71.1 cm³/mol. The molecule has 1 aliphatic heterocycles. The molecule has 5 N–H and O–H groups in total. The van der Waals surface area contributed by atoms with Gasteiger partial charge in [0.05, 0.1) is 19.7 Å². The second-order valence-electron chi connectivity index (χ2n) is 4.73. The van der Waals surface area contributed by atoms with Crippen LogP contribution in [0.4, 0.5) is 0 Å². The summed E-state index contributed by atoms with van der Waals surface area (Å²) in [7, 11) is 0. The normalized spacial score (nSPS) is 16.2. The summed E-state index contributed by atoms with van der Waals surface area (Å²) in [4.78, 5) is 24.1. The highest BCUT2D eigenvalue weighted by atomic mass is 16.5. The largest absolute Gasteiger partial charge is 0.507 e. The molecular weight excluding hydrogens is 280 g/mol. The number of likely N-dealkylation sites (tertiary alicyclic amines) is 1. The third kappa shape index (κ3) is 3.06. The highest BCUT2D eigenvalue weighted by molar-refractivity contribution is 5.94. The first kappa shape index (κ1) is 15.1. The van der Waals surface area contributed by atoms with Crippen LogP contribution >= 0.6 is 0 Å². The zero-order valence-electron chi connectivity index (χ0n) is 11.1. The van der Waals surface area contributed by atoms with Gasteiger partial charge in [0.1, 0.15) is 29.2 Å². The van der Waals surface area contributed by atoms with Gasteiger partial charge in [-0.1, -0.05) is 6.07 Å². The maximum absolute atomic E-state index is 11.6. The van der Waals surface area contributed by atoms with Gasteiger partial charge in [-0.15, -0.1) is 0 Å². The fourth-order valence-electron chi connectivity index (χ4n) is 2.02. The monoisotopic (exact) mass is 296 g/mol. The first-order chi connectivity index (χ1) is 9.93. The van der Waals surface area contributed by atoms with E-state index in [1.54, 1.807) is 0 Å². The van der Waals surface area contributed by atoms with E-state index in [1.807, 2.05) is 0 Å². The number of carbonyl (C=O) groups is 2. The minimum absolute atomic E-state index is 0.0473. The molecular formula is C13H16N2O6. The van der Waals surface area contributed by atoms with Crippen molar-refractivity contribution in [2.75, 3.05) is 19.7 Å². The summed E-state index contributed by atoms with van der Waals surface area (Å²) in [6.45, 7) is 0.0685. The van der Waals surface area contributed by atoms with Crippen molar-refractivity contribution in [3.05, 3.63) is 23.8 Å². The van der Waals surface area contributed by atoms with Gasteiger partial charge in [0.25, 0.3) is 0 Å². The number of aliphatic hydroxyl groups excluding tert-OH is 1. The van der Waals surface area contributed by atoms with Crippen LogP contribution in [0.15, 0.2) is 18.2 Å². The number of nitrogens with zero attached hydrogens (tertiary/aromatic N) is 1. The molecule has 0 bridgehead atoms. The van der Waals surface area contributed by atoms with Crippen LogP contribution in [0.1, 0.15) is 10.4 Å². The molecule has 0 aliphatic carbocycles. The molecule has 21 heavy (non-hydrogen) atoms. The van der Waals surface area contributed by atoms with Crippen LogP contribution in [0.25, 0.3) is 0 Å². The summed E-state index contributed by atoms with van der Waals surface area (Å²) in [5.74, 6) is -2.01. The topological polar surface area (TPSA) is 133 Å². The SMILES string of the molecule is N[C@@H](CO)C(=O)N1CC(Oc2cccc(O)c2C(=O)O)C1. The molecule has 0 radical (unpaired) electrons. The molecule has 1 aromatic carbocycles. The lowest BCUT2D eigenvalue weighted by molar-refractivity contribution is -0.142. The van der Waals surface area contributed by atoms with Gasteiger partial charge in [0.15, 0.2) is 0 Å². The maximum atomic E-state index is 11.6. The van der Waals surface area contributed by atoms with Gasteiger partial charge in [0.2, 0.25) is 5.91 Å². The van der Waals surface area contributed by atoms with E-state index in [1.165, 1.54) is 23.1 Å². The van der Waals surface area contributed by atoms with Crippen molar-refractivity contribution in [2.24, 2.45) is 5.73 Å². The van der Waals surface area contributed by atoms with E-state index in [-0.39, 0.29) is 42.2 Å². The molecule has 0 aromatic heterocycles. The molecule has 1 amide bonds. The average molecular weight is 296 g/mol. The molecule has 1 saturated heterocycles. The minimum Gasteiger partial charge on any atom is -0.507 e. The first-order valence-corrected chi connectivity index (χ1v) is 6.31. The van der Waals surface area contributed by atoms with Gasteiger partial charge in [-0.05, 0) is 12.1 Å². The second-order valence-corrected chi connectivity index (χ2v) is 4.73. The van der Waals surface area contributed by atoms with Gasteiger partial charge in [-0.3, -0.25) is 4.79 Å². The molecule has 8 nitrogen and oxygen atoms in total. The van der Waals surface area contributed by atoms with Crippen LogP contribution in [0.2, 0.25) is 0 Å². The molecule has 1 atom stereocenters. The average Bonchev–Trinajstić information content (AvgIpc) is 2.40. The van der Waals surface area contributed by atoms with Crippen molar-refractivity contribution in [2.45, 2.75) is 12.1 Å². The summed E-state index contributed by atoms with van der Waals surface area (Å²) in [5, 5.41) is 27.4. The van der Waals surface area contributed by atoms with Crippen LogP contribution in [-0.4, -0.2) is 63.9 Å². The minimum atomic E-state index is -1.29. The summed E-state index contributed by atoms with van der Waals surface area (Å²) in [6.07, 6.45) is -0.375. The van der Waals surface area contributed by atoms with E-state index >= 15 is 0 Å². The fraction of sp³-hybridized carbons (Fsp3) is 0.385. The standard InChI is InChI=1S/C13H16N2O6/c14-8(6-16)12(18)15-4-7(5-15)21-10-3-1-2-9(17)11(10)13(19)20/h1-3,7-8,16-17H,4-6,14H2,(H,19,20)/t8-/m0/s1. The van der Waals surface area contributed by atoms with Crippen molar-refractivity contribution < 1.29 is 29.6 Å². The number of aromatic carboxylic acids is 1. The fourth-order valence-corrected chi connectivity index (χ4v) is 2.02. The Morgan fingerprint density at radius 2 is 2.10 bits per heavy atom. The summed E-state index contributed by atoms with van der Waals surface area (Å²) >= 11 is 0. The zero-order chi connectivity index (χ0) is 15.6. The number of aromatic hydroxyl groups is 1. The molecule has 1 fully saturated rings. The Morgan fingerprint density at radius 3 is 2.67 bits per heavy atom. The number of carbonyl (C=O) groups excluding carboxylic acids is 1. The van der Waals surface area contributed by atoms with E-state index in [0.717, 1.165) is 0 Å². The number of phenols is 1. The molecule has 0 spiro atoms. The van der Waals surface area contributed by atoms with Crippen LogP contribution in [0, 0.1) is 0 Å². The van der Waals surface area contributed by atoms with Gasteiger partial charge in [-0.2, -0.15) is 0 Å². The number of carboxylic acids is 1. The Bertz CT molecular complexity index is 556. The van der Waals surface area contributed by atoms with Crippen LogP contribution in [-0.2, 0) is 4.79 Å². The van der Waals surface area contributed by atoms with Crippen molar-refractivity contribution in [1.82, 2.24) is 4.90 Å². The molecule has 1 heterocycles. The smallest absolute Gasteiger partial charge is 0.343 e. The maximum Gasteiger partial charge on any atom is 0.343 e. The van der Waals surface area contributed by atoms with E-state index in [9.17, 15) is 14.7 Å². The summed E-state index contributed by atoms with van der Waals surface area (Å²) in [6, 6.07) is 3.21. The highest BCUT2D eigenvalue weighted by Crippen LogP contribution is 2.29. The number of rotatable bonds is 5. The predicted octanol–water partition coefficient (Wildman–Crippen LogP) is -1.00. The van der Waals surface area contributed by atoms with E-state index in [4.69, 9.17) is 20.7 Å². The van der Waals surface area contributed by atoms with Gasteiger partial charge in [-0.25, -0.2) is 4.79 Å². The molecule has 1 aromatic rings. The van der Waals surface area contributed by atoms with Crippen LogP contribution < -0.4 is 10.5 Å². The molecule has 2 rings (SSSR count). The first-order valence-electron chi connectivity index (χ1n) is 6.31. The highest BCUT2D eigenvalue weighted by Gasteiger charge is 2.35. The zero-order valence-corrected chi connectivity index (χ0v) is 11.1. The molecule has 1 aliphatic rings. The van der Waals surface area contributed by atoms with Crippen molar-refractivity contribution in [3.8, 4) is 11.5 Å². The summed E-state index contributed by atoms with van der Waals surface area (Å²) < 4.78 is 5.48. The molecule has 0 saturated carbocycles. The molecule has 114 valence electrons. The number of benzene rings is 1. The number of nitrogens with two attached hydrogens (primary N) is 1. The molecule has 8 heteroatoms. The van der Waals surface area contributed by atoms with E-state index < -0.39 is 18.6 Å². The Hall–Kier alpha value is -2.32. The lowest BCUT2D eigenvalue weighted by Gasteiger charge is -2.40. The van der Waals surface area contributed by atoms with Gasteiger partial charge >= 0.3 is 5.97 Å². The second kappa shape index (κ2) is 5.98. The number of amides is 1. The molecule has 0 unspecified atom stereocenters. The lowest BCUT2D eigenvalue weighted by Crippen LogP contribution is -2.60. The Balaban J connectivity index is 1.99. The number of hydrogen-bond donors (Lipinski definition) is 4. The third-order valence-corrected chi connectivity index (χ3v) is 3.19. The summed E-state index contributed by atoms with van der Waals surface area (Å²) in [5.41, 5.74) is 5.10. The third-order valence-electron chi connectivity index (χ3n) is 3.19. The van der Waals surface area contributed by atoms with Crippen LogP contribution in [0.5, 0.6) is 11.5 Å². The van der Waals surface area contributed by atoms with E-state index in [0.29, 0.717) is 0 Å². The van der Waals surface area contributed by atoms with Crippen molar-refractivity contribution in [1.29, 1.82) is 0 Å².